The zero-order valence-corrected chi connectivity index (χ0v) is 11.3. The van der Waals surface area contributed by atoms with Crippen LogP contribution in [0.25, 0.3) is 11.0 Å². The molecule has 1 aromatic heterocycles. The number of fused-ring (bicyclic) bond motifs is 1. The summed E-state index contributed by atoms with van der Waals surface area (Å²) in [5.41, 5.74) is 1.39. The van der Waals surface area contributed by atoms with E-state index < -0.39 is 6.10 Å². The Balaban J connectivity index is 1.71. The lowest BCUT2D eigenvalue weighted by Crippen LogP contribution is -2.29. The predicted molar refractivity (Wildman–Crippen MR) is 74.4 cm³/mol. The molecule has 7 nitrogen and oxygen atoms in total. The average Bonchev–Trinajstić information content (AvgIpc) is 2.91. The molecule has 2 N–H and O–H groups in total. The topological polar surface area (TPSA) is 95.5 Å². The number of aliphatic hydroxyl groups is 1. The number of amides is 1. The lowest BCUT2D eigenvalue weighted by molar-refractivity contribution is -0.168. The Bertz CT molecular complexity index is 727. The molecule has 1 saturated heterocycles. The zero-order chi connectivity index (χ0) is 14.8. The molecule has 2 aromatic rings. The fourth-order valence-corrected chi connectivity index (χ4v) is 2.23. The van der Waals surface area contributed by atoms with Crippen LogP contribution in [0.5, 0.6) is 0 Å². The standard InChI is InChI=1S/C14H15N3O4/c18-9-7-17(21-8-9)13(19)6-5-12-14(20)16-11-4-2-1-3-10(11)15-12/h1-4,9,18H,5-8H2,(H,16,20). The number of carbonyl (C=O) groups excluding carboxylic acids is 1. The summed E-state index contributed by atoms with van der Waals surface area (Å²) in [4.78, 5) is 35.9. The Kier molecular flexibility index (Phi) is 3.68. The van der Waals surface area contributed by atoms with E-state index in [1.807, 2.05) is 12.1 Å². The van der Waals surface area contributed by atoms with E-state index in [1.165, 1.54) is 0 Å². The van der Waals surface area contributed by atoms with Gasteiger partial charge in [-0.25, -0.2) is 10.0 Å². The van der Waals surface area contributed by atoms with Gasteiger partial charge in [0.15, 0.2) is 0 Å². The second kappa shape index (κ2) is 5.63. The number of β-amino-alcohol motifs (C(OH)–C–C–N with tert-alkyl or cyclic N) is 1. The van der Waals surface area contributed by atoms with E-state index in [-0.39, 0.29) is 37.5 Å². The molecule has 1 fully saturated rings. The first-order chi connectivity index (χ1) is 10.1. The number of nitrogens with zero attached hydrogens (tertiary/aromatic N) is 2. The molecular formula is C14H15N3O4. The highest BCUT2D eigenvalue weighted by atomic mass is 16.7. The first-order valence-corrected chi connectivity index (χ1v) is 6.73. The summed E-state index contributed by atoms with van der Waals surface area (Å²) in [6.45, 7) is 0.293. The van der Waals surface area contributed by atoms with Crippen molar-refractivity contribution in [1.82, 2.24) is 15.0 Å². The van der Waals surface area contributed by atoms with Gasteiger partial charge in [0.25, 0.3) is 5.56 Å². The van der Waals surface area contributed by atoms with Gasteiger partial charge in [0, 0.05) is 12.8 Å². The Morgan fingerprint density at radius 2 is 2.29 bits per heavy atom. The van der Waals surface area contributed by atoms with Gasteiger partial charge < -0.3 is 10.1 Å². The van der Waals surface area contributed by atoms with E-state index in [0.717, 1.165) is 5.06 Å². The highest BCUT2D eigenvalue weighted by Gasteiger charge is 2.25. The molecule has 1 atom stereocenters. The Hall–Kier alpha value is -2.25. The van der Waals surface area contributed by atoms with Gasteiger partial charge in [-0.15, -0.1) is 0 Å². The Labute approximate surface area is 120 Å². The predicted octanol–water partition coefficient (Wildman–Crippen LogP) is -0.00960. The lowest BCUT2D eigenvalue weighted by Gasteiger charge is -2.13. The number of aryl methyl sites for hydroxylation is 1. The summed E-state index contributed by atoms with van der Waals surface area (Å²) >= 11 is 0. The molecule has 1 amide bonds. The maximum Gasteiger partial charge on any atom is 0.270 e. The van der Waals surface area contributed by atoms with Crippen LogP contribution >= 0.6 is 0 Å². The third-order valence-electron chi connectivity index (χ3n) is 3.32. The number of hydrogen-bond acceptors (Lipinski definition) is 5. The molecule has 7 heteroatoms. The number of aromatic nitrogens is 2. The zero-order valence-electron chi connectivity index (χ0n) is 11.3. The van der Waals surface area contributed by atoms with Crippen LogP contribution in [-0.2, 0) is 16.1 Å². The molecule has 1 aliphatic heterocycles. The van der Waals surface area contributed by atoms with Crippen molar-refractivity contribution in [2.24, 2.45) is 0 Å². The number of rotatable bonds is 3. The maximum absolute atomic E-state index is 11.9. The highest BCUT2D eigenvalue weighted by molar-refractivity contribution is 5.76. The van der Waals surface area contributed by atoms with Crippen molar-refractivity contribution in [1.29, 1.82) is 0 Å². The molecule has 110 valence electrons. The summed E-state index contributed by atoms with van der Waals surface area (Å²) < 4.78 is 0. The molecule has 1 unspecified atom stereocenters. The third-order valence-corrected chi connectivity index (χ3v) is 3.32. The van der Waals surface area contributed by atoms with Gasteiger partial charge >= 0.3 is 0 Å². The number of nitrogens with one attached hydrogen (secondary N) is 1. The molecule has 3 rings (SSSR count). The van der Waals surface area contributed by atoms with Crippen LogP contribution in [0.1, 0.15) is 12.1 Å². The number of para-hydroxylation sites is 2. The molecule has 0 aliphatic carbocycles. The minimum atomic E-state index is -0.642. The SMILES string of the molecule is O=C(CCc1nc2ccccc2[nH]c1=O)N1CC(O)CO1. The first kappa shape index (κ1) is 13.7. The molecular weight excluding hydrogens is 274 g/mol. The largest absolute Gasteiger partial charge is 0.389 e. The average molecular weight is 289 g/mol. The van der Waals surface area contributed by atoms with Crippen LogP contribution in [0.4, 0.5) is 0 Å². The third kappa shape index (κ3) is 2.93. The van der Waals surface area contributed by atoms with Gasteiger partial charge in [0.2, 0.25) is 5.91 Å². The molecule has 0 spiro atoms. The van der Waals surface area contributed by atoms with Crippen LogP contribution in [0, 0.1) is 0 Å². The lowest BCUT2D eigenvalue weighted by atomic mass is 10.2. The van der Waals surface area contributed by atoms with Gasteiger partial charge in [-0.1, -0.05) is 12.1 Å². The van der Waals surface area contributed by atoms with Gasteiger partial charge in [-0.05, 0) is 12.1 Å². The van der Waals surface area contributed by atoms with Gasteiger partial charge in [-0.3, -0.25) is 14.4 Å². The van der Waals surface area contributed by atoms with Gasteiger partial charge in [0.1, 0.15) is 12.3 Å². The van der Waals surface area contributed by atoms with Crippen molar-refractivity contribution in [2.75, 3.05) is 13.2 Å². The second-order valence-corrected chi connectivity index (χ2v) is 4.93. The van der Waals surface area contributed by atoms with Crippen LogP contribution in [0.15, 0.2) is 29.1 Å². The fourth-order valence-electron chi connectivity index (χ4n) is 2.23. The van der Waals surface area contributed by atoms with Crippen molar-refractivity contribution in [2.45, 2.75) is 18.9 Å². The minimum absolute atomic E-state index is 0.112. The van der Waals surface area contributed by atoms with Gasteiger partial charge in [-0.2, -0.15) is 0 Å². The molecule has 0 bridgehead atoms. The van der Waals surface area contributed by atoms with Crippen molar-refractivity contribution < 1.29 is 14.7 Å². The molecule has 21 heavy (non-hydrogen) atoms. The summed E-state index contributed by atoms with van der Waals surface area (Å²) in [6.07, 6.45) is -0.299. The van der Waals surface area contributed by atoms with Crippen LogP contribution in [0.2, 0.25) is 0 Å². The van der Waals surface area contributed by atoms with Crippen molar-refractivity contribution in [3.8, 4) is 0 Å². The quantitative estimate of drug-likeness (QED) is 0.828. The minimum Gasteiger partial charge on any atom is -0.389 e. The number of aromatic amines is 1. The first-order valence-electron chi connectivity index (χ1n) is 6.73. The molecule has 0 saturated carbocycles. The van der Waals surface area contributed by atoms with E-state index in [4.69, 9.17) is 4.84 Å². The van der Waals surface area contributed by atoms with Crippen molar-refractivity contribution in [3.63, 3.8) is 0 Å². The van der Waals surface area contributed by atoms with E-state index in [1.54, 1.807) is 12.1 Å². The number of aliphatic hydroxyl groups excluding tert-OH is 1. The molecule has 2 heterocycles. The Morgan fingerprint density at radius 3 is 3.05 bits per heavy atom. The van der Waals surface area contributed by atoms with Crippen LogP contribution in [-0.4, -0.2) is 45.3 Å². The van der Waals surface area contributed by atoms with Crippen LogP contribution in [0.3, 0.4) is 0 Å². The maximum atomic E-state index is 11.9. The molecule has 0 radical (unpaired) electrons. The summed E-state index contributed by atoms with van der Waals surface area (Å²) in [7, 11) is 0. The van der Waals surface area contributed by atoms with E-state index >= 15 is 0 Å². The smallest absolute Gasteiger partial charge is 0.270 e. The number of carbonyl (C=O) groups is 1. The molecule has 1 aliphatic rings. The Morgan fingerprint density at radius 1 is 1.48 bits per heavy atom. The monoisotopic (exact) mass is 289 g/mol. The normalized spacial score (nSPS) is 18.3. The van der Waals surface area contributed by atoms with E-state index in [2.05, 4.69) is 9.97 Å². The van der Waals surface area contributed by atoms with Gasteiger partial charge in [0.05, 0.1) is 23.7 Å². The second-order valence-electron chi connectivity index (χ2n) is 4.93. The number of hydrogen-bond donors (Lipinski definition) is 2. The fraction of sp³-hybridized carbons (Fsp3) is 0.357. The van der Waals surface area contributed by atoms with Crippen molar-refractivity contribution in [3.05, 3.63) is 40.3 Å². The number of H-pyrrole nitrogens is 1. The number of hydroxylamine groups is 2. The molecule has 1 aromatic carbocycles. The highest BCUT2D eigenvalue weighted by Crippen LogP contribution is 2.10. The summed E-state index contributed by atoms with van der Waals surface area (Å²) in [5.74, 6) is -0.263. The van der Waals surface area contributed by atoms with Crippen LogP contribution < -0.4 is 5.56 Å². The van der Waals surface area contributed by atoms with Crippen molar-refractivity contribution >= 4 is 16.9 Å². The summed E-state index contributed by atoms with van der Waals surface area (Å²) in [5, 5.41) is 10.4. The number of benzene rings is 1. The van der Waals surface area contributed by atoms with E-state index in [0.29, 0.717) is 16.7 Å². The van der Waals surface area contributed by atoms with E-state index in [9.17, 15) is 14.7 Å². The summed E-state index contributed by atoms with van der Waals surface area (Å²) in [6, 6.07) is 7.23.